The summed E-state index contributed by atoms with van der Waals surface area (Å²) in [7, 11) is -3.06. The Bertz CT molecular complexity index is 379. The lowest BCUT2D eigenvalue weighted by Gasteiger charge is -2.32. The SMILES string of the molecule is O=C1OCC(CO)N1C1CCCS(=O)(=O)C1. The van der Waals surface area contributed by atoms with Crippen molar-refractivity contribution in [3.05, 3.63) is 0 Å². The molecule has 1 N–H and O–H groups in total. The van der Waals surface area contributed by atoms with Crippen LogP contribution in [0.25, 0.3) is 0 Å². The van der Waals surface area contributed by atoms with Crippen LogP contribution in [0.5, 0.6) is 0 Å². The second kappa shape index (κ2) is 4.21. The summed E-state index contributed by atoms with van der Waals surface area (Å²) in [5.41, 5.74) is 0. The fourth-order valence-electron chi connectivity index (χ4n) is 2.28. The number of cyclic esters (lactones) is 1. The zero-order valence-corrected chi connectivity index (χ0v) is 9.65. The topological polar surface area (TPSA) is 83.9 Å². The molecule has 1 amide bonds. The highest BCUT2D eigenvalue weighted by Gasteiger charge is 2.40. The van der Waals surface area contributed by atoms with Crippen molar-refractivity contribution in [3.63, 3.8) is 0 Å². The van der Waals surface area contributed by atoms with Crippen molar-refractivity contribution in [1.82, 2.24) is 4.90 Å². The molecule has 0 saturated carbocycles. The van der Waals surface area contributed by atoms with E-state index in [-0.39, 0.29) is 30.8 Å². The third-order valence-electron chi connectivity index (χ3n) is 3.05. The quantitative estimate of drug-likeness (QED) is 0.705. The zero-order chi connectivity index (χ0) is 11.8. The number of carbonyl (C=O) groups excluding carboxylic acids is 1. The minimum absolute atomic E-state index is 0.0153. The molecule has 7 heteroatoms. The van der Waals surface area contributed by atoms with Crippen molar-refractivity contribution >= 4 is 15.9 Å². The van der Waals surface area contributed by atoms with Gasteiger partial charge in [-0.1, -0.05) is 0 Å². The van der Waals surface area contributed by atoms with Crippen LogP contribution < -0.4 is 0 Å². The summed E-state index contributed by atoms with van der Waals surface area (Å²) >= 11 is 0. The van der Waals surface area contributed by atoms with Crippen molar-refractivity contribution in [2.75, 3.05) is 24.7 Å². The molecule has 2 rings (SSSR count). The summed E-state index contributed by atoms with van der Waals surface area (Å²) < 4.78 is 27.8. The van der Waals surface area contributed by atoms with Crippen molar-refractivity contribution in [2.45, 2.75) is 24.9 Å². The Morgan fingerprint density at radius 1 is 1.50 bits per heavy atom. The van der Waals surface area contributed by atoms with E-state index in [1.165, 1.54) is 4.90 Å². The van der Waals surface area contributed by atoms with Gasteiger partial charge in [-0.2, -0.15) is 0 Å². The first kappa shape index (κ1) is 11.7. The molecule has 0 aromatic rings. The molecule has 2 aliphatic heterocycles. The largest absolute Gasteiger partial charge is 0.447 e. The molecule has 6 nitrogen and oxygen atoms in total. The Kier molecular flexibility index (Phi) is 3.07. The average Bonchev–Trinajstić information content (AvgIpc) is 2.58. The van der Waals surface area contributed by atoms with Gasteiger partial charge in [-0.05, 0) is 12.8 Å². The number of aliphatic hydroxyl groups is 1. The molecule has 0 bridgehead atoms. The van der Waals surface area contributed by atoms with Crippen LogP contribution in [-0.2, 0) is 14.6 Å². The summed E-state index contributed by atoms with van der Waals surface area (Å²) in [5, 5.41) is 9.09. The van der Waals surface area contributed by atoms with E-state index in [2.05, 4.69) is 0 Å². The van der Waals surface area contributed by atoms with E-state index in [0.29, 0.717) is 12.8 Å². The molecule has 2 atom stereocenters. The monoisotopic (exact) mass is 249 g/mol. The number of hydrogen-bond acceptors (Lipinski definition) is 5. The van der Waals surface area contributed by atoms with E-state index in [0.717, 1.165) is 0 Å². The minimum Gasteiger partial charge on any atom is -0.447 e. The second-order valence-corrected chi connectivity index (χ2v) is 6.46. The van der Waals surface area contributed by atoms with Gasteiger partial charge in [0.2, 0.25) is 0 Å². The number of aliphatic hydroxyl groups excluding tert-OH is 1. The number of sulfone groups is 1. The van der Waals surface area contributed by atoms with Crippen LogP contribution in [0.2, 0.25) is 0 Å². The number of amides is 1. The second-order valence-electron chi connectivity index (χ2n) is 4.23. The molecule has 0 aliphatic carbocycles. The highest BCUT2D eigenvalue weighted by molar-refractivity contribution is 7.91. The van der Waals surface area contributed by atoms with Crippen molar-refractivity contribution in [3.8, 4) is 0 Å². The summed E-state index contributed by atoms with van der Waals surface area (Å²) in [6, 6.07) is -0.739. The van der Waals surface area contributed by atoms with Gasteiger partial charge in [-0.25, -0.2) is 13.2 Å². The summed E-state index contributed by atoms with van der Waals surface area (Å²) in [6.45, 7) is -0.0475. The highest BCUT2D eigenvalue weighted by atomic mass is 32.2. The van der Waals surface area contributed by atoms with Gasteiger partial charge in [-0.15, -0.1) is 0 Å². The lowest BCUT2D eigenvalue weighted by Crippen LogP contribution is -2.49. The van der Waals surface area contributed by atoms with Gasteiger partial charge >= 0.3 is 6.09 Å². The highest BCUT2D eigenvalue weighted by Crippen LogP contribution is 2.23. The van der Waals surface area contributed by atoms with Crippen molar-refractivity contribution in [1.29, 1.82) is 0 Å². The Morgan fingerprint density at radius 2 is 2.25 bits per heavy atom. The summed E-state index contributed by atoms with van der Waals surface area (Å²) in [5.74, 6) is 0.175. The average molecular weight is 249 g/mol. The number of carbonyl (C=O) groups is 1. The van der Waals surface area contributed by atoms with Crippen LogP contribution in [-0.4, -0.2) is 61.3 Å². The van der Waals surface area contributed by atoms with Gasteiger partial charge in [0.15, 0.2) is 9.84 Å². The van der Waals surface area contributed by atoms with E-state index < -0.39 is 22.0 Å². The van der Waals surface area contributed by atoms with Gasteiger partial charge in [-0.3, -0.25) is 4.90 Å². The van der Waals surface area contributed by atoms with Gasteiger partial charge in [0.25, 0.3) is 0 Å². The Hall–Kier alpha value is -0.820. The summed E-state index contributed by atoms with van der Waals surface area (Å²) in [6.07, 6.45) is 0.709. The normalized spacial score (nSPS) is 33.8. The van der Waals surface area contributed by atoms with Gasteiger partial charge < -0.3 is 9.84 Å². The Morgan fingerprint density at radius 3 is 2.88 bits per heavy atom. The molecule has 0 aromatic heterocycles. The molecule has 2 aliphatic rings. The van der Waals surface area contributed by atoms with E-state index in [4.69, 9.17) is 9.84 Å². The molecule has 16 heavy (non-hydrogen) atoms. The van der Waals surface area contributed by atoms with Gasteiger partial charge in [0, 0.05) is 6.04 Å². The van der Waals surface area contributed by atoms with Crippen LogP contribution in [0.4, 0.5) is 4.79 Å². The standard InChI is InChI=1S/C9H15NO5S/c11-4-8-5-15-9(12)10(8)7-2-1-3-16(13,14)6-7/h7-8,11H,1-6H2. The first-order valence-electron chi connectivity index (χ1n) is 5.30. The maximum atomic E-state index is 11.5. The van der Waals surface area contributed by atoms with Crippen LogP contribution in [0.3, 0.4) is 0 Å². The van der Waals surface area contributed by atoms with Crippen molar-refractivity contribution in [2.24, 2.45) is 0 Å². The number of ether oxygens (including phenoxy) is 1. The molecular formula is C9H15NO5S. The lowest BCUT2D eigenvalue weighted by atomic mass is 10.1. The van der Waals surface area contributed by atoms with E-state index in [9.17, 15) is 13.2 Å². The molecule has 2 fully saturated rings. The van der Waals surface area contributed by atoms with E-state index >= 15 is 0 Å². The number of hydrogen-bond donors (Lipinski definition) is 1. The molecule has 2 heterocycles. The molecular weight excluding hydrogens is 234 g/mol. The van der Waals surface area contributed by atoms with Crippen LogP contribution in [0.1, 0.15) is 12.8 Å². The Labute approximate surface area is 94.1 Å². The number of rotatable bonds is 2. The number of nitrogens with zero attached hydrogens (tertiary/aromatic N) is 1. The first-order valence-corrected chi connectivity index (χ1v) is 7.12. The first-order chi connectivity index (χ1) is 7.53. The fourth-order valence-corrected chi connectivity index (χ4v) is 3.96. The summed E-state index contributed by atoms with van der Waals surface area (Å²) in [4.78, 5) is 12.8. The van der Waals surface area contributed by atoms with Crippen LogP contribution >= 0.6 is 0 Å². The maximum Gasteiger partial charge on any atom is 0.410 e. The minimum atomic E-state index is -3.06. The molecule has 2 unspecified atom stereocenters. The lowest BCUT2D eigenvalue weighted by molar-refractivity contribution is 0.131. The molecule has 2 saturated heterocycles. The molecule has 0 aromatic carbocycles. The predicted octanol–water partition coefficient (Wildman–Crippen LogP) is -0.623. The van der Waals surface area contributed by atoms with Crippen LogP contribution in [0.15, 0.2) is 0 Å². The van der Waals surface area contributed by atoms with Crippen LogP contribution in [0, 0.1) is 0 Å². The van der Waals surface area contributed by atoms with Gasteiger partial charge in [0.05, 0.1) is 24.2 Å². The third kappa shape index (κ3) is 2.15. The third-order valence-corrected chi connectivity index (χ3v) is 4.85. The van der Waals surface area contributed by atoms with Crippen molar-refractivity contribution < 1.29 is 23.1 Å². The smallest absolute Gasteiger partial charge is 0.410 e. The molecule has 92 valence electrons. The zero-order valence-electron chi connectivity index (χ0n) is 8.83. The predicted molar refractivity (Wildman–Crippen MR) is 55.7 cm³/mol. The fraction of sp³-hybridized carbons (Fsp3) is 0.889. The molecule has 0 spiro atoms. The molecule has 0 radical (unpaired) electrons. The van der Waals surface area contributed by atoms with E-state index in [1.807, 2.05) is 0 Å². The maximum absolute atomic E-state index is 11.5. The van der Waals surface area contributed by atoms with Gasteiger partial charge in [0.1, 0.15) is 6.61 Å². The Balaban J connectivity index is 2.14. The van der Waals surface area contributed by atoms with E-state index in [1.54, 1.807) is 0 Å².